The molecule has 0 amide bonds. The van der Waals surface area contributed by atoms with E-state index in [-0.39, 0.29) is 0 Å². The molecule has 2 aliphatic rings. The number of hydrogen-bond acceptors (Lipinski definition) is 1. The molecule has 0 aromatic carbocycles. The second-order valence-electron chi connectivity index (χ2n) is 6.74. The summed E-state index contributed by atoms with van der Waals surface area (Å²) in [6.07, 6.45) is 14.9. The maximum Gasteiger partial charge on any atom is 0.00954 e. The molecular weight excluding hydrogens is 218 g/mol. The minimum absolute atomic E-state index is 0.833. The monoisotopic (exact) mass is 251 g/mol. The van der Waals surface area contributed by atoms with Gasteiger partial charge in [0.1, 0.15) is 0 Å². The van der Waals surface area contributed by atoms with Gasteiger partial charge in [-0.15, -0.1) is 0 Å². The van der Waals surface area contributed by atoms with Gasteiger partial charge in [-0.05, 0) is 50.0 Å². The fourth-order valence-corrected chi connectivity index (χ4v) is 4.33. The van der Waals surface area contributed by atoms with Crippen LogP contribution in [0.4, 0.5) is 0 Å². The first kappa shape index (κ1) is 14.4. The summed E-state index contributed by atoms with van der Waals surface area (Å²) in [6, 6.07) is 0.833. The van der Waals surface area contributed by atoms with Gasteiger partial charge >= 0.3 is 0 Å². The van der Waals surface area contributed by atoms with Crippen molar-refractivity contribution in [2.24, 2.45) is 17.8 Å². The molecule has 18 heavy (non-hydrogen) atoms. The second kappa shape index (κ2) is 7.53. The Hall–Kier alpha value is -0.0400. The summed E-state index contributed by atoms with van der Waals surface area (Å²) in [7, 11) is 0. The Bertz CT molecular complexity index is 220. The minimum atomic E-state index is 0.833. The van der Waals surface area contributed by atoms with Crippen LogP contribution in [-0.4, -0.2) is 12.6 Å². The SMILES string of the molecule is CCNC1CCC(CC)CC1CCC1CCCC1. The van der Waals surface area contributed by atoms with Crippen LogP contribution in [0, 0.1) is 17.8 Å². The molecule has 2 aliphatic carbocycles. The molecule has 3 unspecified atom stereocenters. The van der Waals surface area contributed by atoms with Crippen molar-refractivity contribution in [1.82, 2.24) is 5.32 Å². The van der Waals surface area contributed by atoms with Crippen molar-refractivity contribution in [2.45, 2.75) is 84.1 Å². The van der Waals surface area contributed by atoms with Gasteiger partial charge in [0.15, 0.2) is 0 Å². The average molecular weight is 251 g/mol. The Morgan fingerprint density at radius 3 is 2.33 bits per heavy atom. The van der Waals surface area contributed by atoms with Gasteiger partial charge in [-0.1, -0.05) is 52.4 Å². The lowest BCUT2D eigenvalue weighted by molar-refractivity contribution is 0.182. The van der Waals surface area contributed by atoms with Crippen LogP contribution in [0.5, 0.6) is 0 Å². The molecule has 1 nitrogen and oxygen atoms in total. The third-order valence-electron chi connectivity index (χ3n) is 5.56. The van der Waals surface area contributed by atoms with E-state index in [2.05, 4.69) is 19.2 Å². The molecule has 0 heterocycles. The molecule has 0 aromatic heterocycles. The van der Waals surface area contributed by atoms with E-state index in [1.165, 1.54) is 64.2 Å². The Labute approximate surface area is 114 Å². The van der Waals surface area contributed by atoms with Crippen molar-refractivity contribution in [3.8, 4) is 0 Å². The first-order chi connectivity index (χ1) is 8.83. The first-order valence-electron chi connectivity index (χ1n) is 8.56. The van der Waals surface area contributed by atoms with E-state index >= 15 is 0 Å². The summed E-state index contributed by atoms with van der Waals surface area (Å²) in [4.78, 5) is 0. The zero-order valence-corrected chi connectivity index (χ0v) is 12.6. The van der Waals surface area contributed by atoms with Gasteiger partial charge in [0.05, 0.1) is 0 Å². The molecule has 2 saturated carbocycles. The summed E-state index contributed by atoms with van der Waals surface area (Å²) < 4.78 is 0. The lowest BCUT2D eigenvalue weighted by Gasteiger charge is -2.37. The summed E-state index contributed by atoms with van der Waals surface area (Å²) in [5.41, 5.74) is 0. The van der Waals surface area contributed by atoms with Crippen molar-refractivity contribution < 1.29 is 0 Å². The maximum atomic E-state index is 3.75. The summed E-state index contributed by atoms with van der Waals surface area (Å²) in [5, 5.41) is 3.75. The topological polar surface area (TPSA) is 12.0 Å². The largest absolute Gasteiger partial charge is 0.314 e. The van der Waals surface area contributed by atoms with E-state index in [1.54, 1.807) is 0 Å². The number of rotatable bonds is 6. The van der Waals surface area contributed by atoms with Gasteiger partial charge in [-0.25, -0.2) is 0 Å². The number of nitrogens with one attached hydrogen (secondary N) is 1. The number of hydrogen-bond donors (Lipinski definition) is 1. The van der Waals surface area contributed by atoms with Crippen LogP contribution in [-0.2, 0) is 0 Å². The average Bonchev–Trinajstić information content (AvgIpc) is 2.91. The van der Waals surface area contributed by atoms with Crippen molar-refractivity contribution >= 4 is 0 Å². The third kappa shape index (κ3) is 3.98. The molecule has 1 N–H and O–H groups in total. The lowest BCUT2D eigenvalue weighted by atomic mass is 9.74. The molecule has 3 atom stereocenters. The Morgan fingerprint density at radius 1 is 0.889 bits per heavy atom. The maximum absolute atomic E-state index is 3.75. The Morgan fingerprint density at radius 2 is 1.67 bits per heavy atom. The van der Waals surface area contributed by atoms with Gasteiger partial charge in [-0.3, -0.25) is 0 Å². The van der Waals surface area contributed by atoms with E-state index in [9.17, 15) is 0 Å². The second-order valence-corrected chi connectivity index (χ2v) is 6.74. The fraction of sp³-hybridized carbons (Fsp3) is 1.00. The highest BCUT2D eigenvalue weighted by Gasteiger charge is 2.29. The van der Waals surface area contributed by atoms with Crippen LogP contribution < -0.4 is 5.32 Å². The smallest absolute Gasteiger partial charge is 0.00954 e. The fourth-order valence-electron chi connectivity index (χ4n) is 4.33. The van der Waals surface area contributed by atoms with Crippen LogP contribution in [0.2, 0.25) is 0 Å². The third-order valence-corrected chi connectivity index (χ3v) is 5.56. The van der Waals surface area contributed by atoms with Gasteiger partial charge < -0.3 is 5.32 Å². The Kier molecular flexibility index (Phi) is 6.01. The zero-order valence-electron chi connectivity index (χ0n) is 12.6. The standard InChI is InChI=1S/C17H33N/c1-3-14-10-12-17(18-4-2)16(13-14)11-9-15-7-5-6-8-15/h14-18H,3-13H2,1-2H3. The van der Waals surface area contributed by atoms with Crippen LogP contribution >= 0.6 is 0 Å². The summed E-state index contributed by atoms with van der Waals surface area (Å²) >= 11 is 0. The summed E-state index contributed by atoms with van der Waals surface area (Å²) in [5.74, 6) is 3.08. The lowest BCUT2D eigenvalue weighted by Crippen LogP contribution is -2.40. The van der Waals surface area contributed by atoms with Gasteiger partial charge in [0.25, 0.3) is 0 Å². The van der Waals surface area contributed by atoms with Crippen LogP contribution in [0.1, 0.15) is 78.1 Å². The highest BCUT2D eigenvalue weighted by Crippen LogP contribution is 2.37. The summed E-state index contributed by atoms with van der Waals surface area (Å²) in [6.45, 7) is 5.80. The van der Waals surface area contributed by atoms with E-state index in [0.29, 0.717) is 0 Å². The molecular formula is C17H33N. The van der Waals surface area contributed by atoms with Gasteiger partial charge in [-0.2, -0.15) is 0 Å². The molecule has 2 rings (SSSR count). The molecule has 0 aromatic rings. The Balaban J connectivity index is 1.79. The van der Waals surface area contributed by atoms with E-state index < -0.39 is 0 Å². The zero-order chi connectivity index (χ0) is 12.8. The van der Waals surface area contributed by atoms with E-state index in [1.807, 2.05) is 0 Å². The van der Waals surface area contributed by atoms with Crippen molar-refractivity contribution in [3.63, 3.8) is 0 Å². The highest BCUT2D eigenvalue weighted by molar-refractivity contribution is 4.85. The van der Waals surface area contributed by atoms with Crippen LogP contribution in [0.15, 0.2) is 0 Å². The highest BCUT2D eigenvalue weighted by atomic mass is 14.9. The molecule has 106 valence electrons. The molecule has 0 spiro atoms. The molecule has 0 bridgehead atoms. The van der Waals surface area contributed by atoms with Crippen molar-refractivity contribution in [3.05, 3.63) is 0 Å². The predicted octanol–water partition coefficient (Wildman–Crippen LogP) is 4.76. The molecule has 2 fully saturated rings. The van der Waals surface area contributed by atoms with Gasteiger partial charge in [0.2, 0.25) is 0 Å². The van der Waals surface area contributed by atoms with Crippen molar-refractivity contribution in [2.75, 3.05) is 6.54 Å². The molecule has 0 aliphatic heterocycles. The van der Waals surface area contributed by atoms with Crippen LogP contribution in [0.3, 0.4) is 0 Å². The normalized spacial score (nSPS) is 34.0. The quantitative estimate of drug-likeness (QED) is 0.717. The molecule has 0 radical (unpaired) electrons. The first-order valence-corrected chi connectivity index (χ1v) is 8.56. The predicted molar refractivity (Wildman–Crippen MR) is 79.8 cm³/mol. The van der Waals surface area contributed by atoms with E-state index in [0.717, 1.165) is 30.3 Å². The minimum Gasteiger partial charge on any atom is -0.314 e. The molecule has 0 saturated heterocycles. The molecule has 1 heteroatoms. The van der Waals surface area contributed by atoms with E-state index in [4.69, 9.17) is 0 Å². The van der Waals surface area contributed by atoms with Crippen molar-refractivity contribution in [1.29, 1.82) is 0 Å². The van der Waals surface area contributed by atoms with Crippen LogP contribution in [0.25, 0.3) is 0 Å². The van der Waals surface area contributed by atoms with Gasteiger partial charge in [0, 0.05) is 6.04 Å².